The third kappa shape index (κ3) is 4.21. The quantitative estimate of drug-likeness (QED) is 0.202. The highest BCUT2D eigenvalue weighted by Crippen LogP contribution is 2.41. The number of phenolic OH excluding ortho intramolecular Hbond substituents is 1. The van der Waals surface area contributed by atoms with Crippen molar-refractivity contribution in [1.82, 2.24) is 24.1 Å². The molecule has 2 aromatic carbocycles. The highest BCUT2D eigenvalue weighted by atomic mass is 79.9. The molecular formula is C25H24BrN5O3S. The summed E-state index contributed by atoms with van der Waals surface area (Å²) in [6.07, 6.45) is 3.57. The monoisotopic (exact) mass is 553 g/mol. The second-order valence-corrected chi connectivity index (χ2v) is 9.95. The zero-order chi connectivity index (χ0) is 24.7. The number of aryl methyl sites for hydroxylation is 2. The Hall–Kier alpha value is -3.24. The Morgan fingerprint density at radius 1 is 1.31 bits per heavy atom. The summed E-state index contributed by atoms with van der Waals surface area (Å²) in [5.41, 5.74) is 4.57. The van der Waals surface area contributed by atoms with E-state index in [1.54, 1.807) is 13.1 Å². The number of para-hydroxylation sites is 2. The van der Waals surface area contributed by atoms with Gasteiger partial charge in [0, 0.05) is 41.8 Å². The number of H-pyrrole nitrogens is 1. The van der Waals surface area contributed by atoms with Crippen molar-refractivity contribution in [2.24, 2.45) is 7.05 Å². The SMILES string of the molecule is CCOC(=O)c1c(CSc2nc3ccccc3[nH]2)n(C)c2cc(Br)c(O)c(Cn3ccnc3C)c12. The van der Waals surface area contributed by atoms with Gasteiger partial charge in [-0.3, -0.25) is 0 Å². The van der Waals surface area contributed by atoms with Crippen molar-refractivity contribution in [1.29, 1.82) is 0 Å². The van der Waals surface area contributed by atoms with E-state index in [2.05, 4.69) is 30.9 Å². The van der Waals surface area contributed by atoms with Crippen LogP contribution in [0.2, 0.25) is 0 Å². The van der Waals surface area contributed by atoms with E-state index in [0.717, 1.165) is 33.2 Å². The van der Waals surface area contributed by atoms with Crippen molar-refractivity contribution < 1.29 is 14.6 Å². The first-order valence-corrected chi connectivity index (χ1v) is 12.9. The van der Waals surface area contributed by atoms with E-state index in [9.17, 15) is 9.90 Å². The van der Waals surface area contributed by atoms with Crippen molar-refractivity contribution in [2.75, 3.05) is 6.61 Å². The van der Waals surface area contributed by atoms with Crippen LogP contribution in [0.3, 0.4) is 0 Å². The van der Waals surface area contributed by atoms with Crippen LogP contribution >= 0.6 is 27.7 Å². The molecule has 180 valence electrons. The van der Waals surface area contributed by atoms with Crippen LogP contribution in [0.25, 0.3) is 21.9 Å². The number of esters is 1. The fourth-order valence-electron chi connectivity index (χ4n) is 4.30. The molecule has 0 unspecified atom stereocenters. The number of aromatic hydroxyl groups is 1. The molecular weight excluding hydrogens is 530 g/mol. The number of carbonyl (C=O) groups excluding carboxylic acids is 1. The van der Waals surface area contributed by atoms with E-state index in [4.69, 9.17) is 4.74 Å². The summed E-state index contributed by atoms with van der Waals surface area (Å²) in [7, 11) is 1.93. The van der Waals surface area contributed by atoms with E-state index >= 15 is 0 Å². The van der Waals surface area contributed by atoms with Crippen molar-refractivity contribution in [3.8, 4) is 5.75 Å². The fourth-order valence-corrected chi connectivity index (χ4v) is 5.71. The number of phenols is 1. The van der Waals surface area contributed by atoms with Gasteiger partial charge >= 0.3 is 5.97 Å². The number of hydrogen-bond acceptors (Lipinski definition) is 6. The third-order valence-corrected chi connectivity index (χ3v) is 7.57. The van der Waals surface area contributed by atoms with Crippen molar-refractivity contribution >= 4 is 55.6 Å². The molecule has 0 aliphatic carbocycles. The van der Waals surface area contributed by atoms with Crippen LogP contribution in [0.15, 0.2) is 52.4 Å². The van der Waals surface area contributed by atoms with E-state index in [-0.39, 0.29) is 12.4 Å². The molecule has 35 heavy (non-hydrogen) atoms. The summed E-state index contributed by atoms with van der Waals surface area (Å²) in [5.74, 6) is 0.981. The van der Waals surface area contributed by atoms with Gasteiger partial charge in [0.1, 0.15) is 11.6 Å². The topological polar surface area (TPSA) is 98.0 Å². The molecule has 0 saturated heterocycles. The summed E-state index contributed by atoms with van der Waals surface area (Å²) in [6.45, 7) is 4.30. The van der Waals surface area contributed by atoms with Crippen molar-refractivity contribution in [2.45, 2.75) is 31.3 Å². The van der Waals surface area contributed by atoms with Crippen LogP contribution < -0.4 is 0 Å². The standard InChI is InChI=1S/C25H24BrN5O3S/c1-4-34-24(33)22-20(13-35-25-28-17-7-5-6-8-18(17)29-25)30(3)19-11-16(26)23(32)15(21(19)22)12-31-10-9-27-14(31)2/h5-11,32H,4,12-13H2,1-3H3,(H,28,29). The van der Waals surface area contributed by atoms with Gasteiger partial charge in [0.2, 0.25) is 0 Å². The smallest absolute Gasteiger partial charge is 0.340 e. The Morgan fingerprint density at radius 3 is 2.83 bits per heavy atom. The average Bonchev–Trinajstić information content (AvgIpc) is 3.51. The molecule has 8 nitrogen and oxygen atoms in total. The number of imidazole rings is 2. The Bertz CT molecular complexity index is 1540. The maximum Gasteiger partial charge on any atom is 0.340 e. The number of aromatic nitrogens is 5. The lowest BCUT2D eigenvalue weighted by Crippen LogP contribution is -2.09. The Labute approximate surface area is 214 Å². The van der Waals surface area contributed by atoms with Gasteiger partial charge in [0.15, 0.2) is 5.16 Å². The minimum atomic E-state index is -0.413. The molecule has 10 heteroatoms. The van der Waals surface area contributed by atoms with Gasteiger partial charge in [-0.15, -0.1) is 0 Å². The molecule has 0 aliphatic rings. The van der Waals surface area contributed by atoms with Gasteiger partial charge in [0.25, 0.3) is 0 Å². The lowest BCUT2D eigenvalue weighted by atomic mass is 10.0. The Balaban J connectivity index is 1.65. The van der Waals surface area contributed by atoms with Crippen molar-refractivity contribution in [3.05, 3.63) is 69.8 Å². The lowest BCUT2D eigenvalue weighted by Gasteiger charge is -2.12. The number of ether oxygens (including phenoxy) is 1. The number of rotatable bonds is 7. The first-order valence-electron chi connectivity index (χ1n) is 11.1. The van der Waals surface area contributed by atoms with Crippen LogP contribution in [0.4, 0.5) is 0 Å². The van der Waals surface area contributed by atoms with E-state index < -0.39 is 5.97 Å². The van der Waals surface area contributed by atoms with Gasteiger partial charge < -0.3 is 24.0 Å². The number of fused-ring (bicyclic) bond motifs is 2. The number of nitrogens with zero attached hydrogens (tertiary/aromatic N) is 4. The largest absolute Gasteiger partial charge is 0.506 e. The maximum atomic E-state index is 13.3. The summed E-state index contributed by atoms with van der Waals surface area (Å²) in [5, 5.41) is 12.5. The summed E-state index contributed by atoms with van der Waals surface area (Å²) < 4.78 is 9.97. The molecule has 0 bridgehead atoms. The van der Waals surface area contributed by atoms with Gasteiger partial charge in [-0.25, -0.2) is 14.8 Å². The minimum Gasteiger partial charge on any atom is -0.506 e. The van der Waals surface area contributed by atoms with Crippen LogP contribution in [0.1, 0.15) is 34.4 Å². The first kappa shape index (κ1) is 23.5. The predicted octanol–water partition coefficient (Wildman–Crippen LogP) is 5.54. The molecule has 5 rings (SSSR count). The Kier molecular flexibility index (Phi) is 6.33. The third-order valence-electron chi connectivity index (χ3n) is 6.08. The second-order valence-electron chi connectivity index (χ2n) is 8.13. The molecule has 0 fully saturated rings. The second kappa shape index (κ2) is 9.43. The van der Waals surface area contributed by atoms with Crippen LogP contribution in [-0.2, 0) is 24.1 Å². The van der Waals surface area contributed by atoms with Gasteiger partial charge in [-0.2, -0.15) is 0 Å². The van der Waals surface area contributed by atoms with Crippen molar-refractivity contribution in [3.63, 3.8) is 0 Å². The average molecular weight is 554 g/mol. The molecule has 5 aromatic rings. The highest BCUT2D eigenvalue weighted by molar-refractivity contribution is 9.10. The molecule has 3 heterocycles. The Morgan fingerprint density at radius 2 is 2.11 bits per heavy atom. The number of aromatic amines is 1. The normalized spacial score (nSPS) is 11.5. The molecule has 0 saturated carbocycles. The zero-order valence-electron chi connectivity index (χ0n) is 19.5. The van der Waals surface area contributed by atoms with E-state index in [1.165, 1.54) is 11.8 Å². The van der Waals surface area contributed by atoms with Gasteiger partial charge in [-0.1, -0.05) is 23.9 Å². The molecule has 0 spiro atoms. The molecule has 0 amide bonds. The summed E-state index contributed by atoms with van der Waals surface area (Å²) in [6, 6.07) is 9.70. The van der Waals surface area contributed by atoms with Crippen LogP contribution in [0, 0.1) is 6.92 Å². The zero-order valence-corrected chi connectivity index (χ0v) is 21.9. The lowest BCUT2D eigenvalue weighted by molar-refractivity contribution is 0.0527. The number of nitrogens with one attached hydrogen (secondary N) is 1. The van der Waals surface area contributed by atoms with Crippen LogP contribution in [-0.4, -0.2) is 41.8 Å². The number of thioether (sulfide) groups is 1. The predicted molar refractivity (Wildman–Crippen MR) is 140 cm³/mol. The molecule has 0 aliphatic heterocycles. The van der Waals surface area contributed by atoms with Gasteiger partial charge in [-0.05, 0) is 48.0 Å². The van der Waals surface area contributed by atoms with E-state index in [1.807, 2.05) is 59.6 Å². The van der Waals surface area contributed by atoms with E-state index in [0.29, 0.717) is 33.3 Å². The van der Waals surface area contributed by atoms with Crippen LogP contribution in [0.5, 0.6) is 5.75 Å². The fraction of sp³-hybridized carbons (Fsp3) is 0.240. The number of halogens is 1. The number of carbonyl (C=O) groups is 1. The number of benzene rings is 2. The molecule has 2 N–H and O–H groups in total. The number of hydrogen-bond donors (Lipinski definition) is 2. The highest BCUT2D eigenvalue weighted by Gasteiger charge is 2.27. The summed E-state index contributed by atoms with van der Waals surface area (Å²) >= 11 is 5.01. The molecule has 0 radical (unpaired) electrons. The first-order chi connectivity index (χ1) is 16.9. The molecule has 0 atom stereocenters. The summed E-state index contributed by atoms with van der Waals surface area (Å²) in [4.78, 5) is 25.6. The van der Waals surface area contributed by atoms with Gasteiger partial charge in [0.05, 0.1) is 39.7 Å². The maximum absolute atomic E-state index is 13.3. The minimum absolute atomic E-state index is 0.0956. The molecule has 3 aromatic heterocycles.